The molecule has 4 rings (SSSR count). The summed E-state index contributed by atoms with van der Waals surface area (Å²) < 4.78 is 8.58. The van der Waals surface area contributed by atoms with Gasteiger partial charge in [0.25, 0.3) is 5.91 Å². The summed E-state index contributed by atoms with van der Waals surface area (Å²) in [6, 6.07) is 9.45. The van der Waals surface area contributed by atoms with Gasteiger partial charge >= 0.3 is 5.82 Å². The average molecular weight is 463 g/mol. The third kappa shape index (κ3) is 4.32. The van der Waals surface area contributed by atoms with Crippen molar-refractivity contribution in [2.75, 3.05) is 5.32 Å². The SMILES string of the molecule is Cc1ccccc1Cn1nc(C)c(NC(=O)c2noc(C)c2Cn2nc([N+](=O)[O-])cc2C)c1C. The molecule has 1 amide bonds. The number of rotatable bonds is 7. The van der Waals surface area contributed by atoms with E-state index in [2.05, 4.69) is 26.7 Å². The fourth-order valence-electron chi connectivity index (χ4n) is 3.80. The van der Waals surface area contributed by atoms with Gasteiger partial charge in [-0.2, -0.15) is 9.78 Å². The van der Waals surface area contributed by atoms with Crippen molar-refractivity contribution in [3.05, 3.63) is 85.7 Å². The molecule has 0 bridgehead atoms. The Bertz CT molecular complexity index is 1400. The summed E-state index contributed by atoms with van der Waals surface area (Å²) >= 11 is 0. The lowest BCUT2D eigenvalue weighted by molar-refractivity contribution is -0.389. The number of carbonyl (C=O) groups is 1. The number of anilines is 1. The molecular weight excluding hydrogens is 438 g/mol. The predicted octanol–water partition coefficient (Wildman–Crippen LogP) is 3.87. The van der Waals surface area contributed by atoms with Crippen LogP contribution in [0.4, 0.5) is 11.5 Å². The summed E-state index contributed by atoms with van der Waals surface area (Å²) in [6.45, 7) is 9.87. The van der Waals surface area contributed by atoms with Gasteiger partial charge in [0.2, 0.25) is 0 Å². The summed E-state index contributed by atoms with van der Waals surface area (Å²) in [6.07, 6.45) is 0. The highest BCUT2D eigenvalue weighted by atomic mass is 16.6. The van der Waals surface area contributed by atoms with Gasteiger partial charge in [-0.3, -0.25) is 9.48 Å². The Morgan fingerprint density at radius 1 is 1.09 bits per heavy atom. The minimum absolute atomic E-state index is 0.0977. The van der Waals surface area contributed by atoms with Gasteiger partial charge in [-0.15, -0.1) is 0 Å². The largest absolute Gasteiger partial charge is 0.390 e. The van der Waals surface area contributed by atoms with Crippen molar-refractivity contribution in [1.29, 1.82) is 0 Å². The van der Waals surface area contributed by atoms with E-state index in [9.17, 15) is 14.9 Å². The maximum absolute atomic E-state index is 13.2. The molecule has 0 atom stereocenters. The van der Waals surface area contributed by atoms with Gasteiger partial charge in [-0.25, -0.2) is 0 Å². The van der Waals surface area contributed by atoms with Crippen LogP contribution in [-0.2, 0) is 13.1 Å². The summed E-state index contributed by atoms with van der Waals surface area (Å²) in [7, 11) is 0. The Balaban J connectivity index is 1.58. The van der Waals surface area contributed by atoms with E-state index < -0.39 is 10.8 Å². The van der Waals surface area contributed by atoms with Gasteiger partial charge < -0.3 is 20.0 Å². The second kappa shape index (κ2) is 8.93. The van der Waals surface area contributed by atoms with Crippen molar-refractivity contribution in [2.45, 2.75) is 47.7 Å². The van der Waals surface area contributed by atoms with E-state index in [1.54, 1.807) is 13.8 Å². The number of benzene rings is 1. The number of carbonyl (C=O) groups excluding carboxylic acids is 1. The molecule has 0 saturated heterocycles. The van der Waals surface area contributed by atoms with Crippen molar-refractivity contribution in [1.82, 2.24) is 24.7 Å². The van der Waals surface area contributed by atoms with Crippen LogP contribution in [-0.4, -0.2) is 35.5 Å². The van der Waals surface area contributed by atoms with Gasteiger partial charge in [-0.1, -0.05) is 29.4 Å². The summed E-state index contributed by atoms with van der Waals surface area (Å²) in [4.78, 5) is 23.6. The Morgan fingerprint density at radius 3 is 2.50 bits per heavy atom. The zero-order valence-electron chi connectivity index (χ0n) is 19.6. The van der Waals surface area contributed by atoms with Crippen molar-refractivity contribution >= 4 is 17.4 Å². The lowest BCUT2D eigenvalue weighted by Crippen LogP contribution is -2.17. The third-order valence-electron chi connectivity index (χ3n) is 5.86. The number of aromatic nitrogens is 5. The number of nitro groups is 1. The maximum atomic E-state index is 13.2. The molecule has 0 aliphatic rings. The molecule has 3 aromatic heterocycles. The molecule has 34 heavy (non-hydrogen) atoms. The van der Waals surface area contributed by atoms with E-state index in [1.807, 2.05) is 43.7 Å². The van der Waals surface area contributed by atoms with Crippen LogP contribution in [0.3, 0.4) is 0 Å². The topological polar surface area (TPSA) is 134 Å². The Morgan fingerprint density at radius 2 is 1.82 bits per heavy atom. The van der Waals surface area contributed by atoms with Gasteiger partial charge in [0.15, 0.2) is 5.69 Å². The Labute approximate surface area is 195 Å². The predicted molar refractivity (Wildman–Crippen MR) is 124 cm³/mol. The van der Waals surface area contributed by atoms with Gasteiger partial charge in [0, 0.05) is 0 Å². The second-order valence-electron chi connectivity index (χ2n) is 8.21. The molecule has 11 heteroatoms. The zero-order valence-corrected chi connectivity index (χ0v) is 19.6. The molecule has 3 heterocycles. The number of hydrogen-bond acceptors (Lipinski definition) is 7. The molecule has 1 N–H and O–H groups in total. The van der Waals surface area contributed by atoms with E-state index in [1.165, 1.54) is 10.7 Å². The molecule has 0 unspecified atom stereocenters. The molecule has 0 fully saturated rings. The van der Waals surface area contributed by atoms with Crippen LogP contribution in [0.15, 0.2) is 34.9 Å². The fourth-order valence-corrected chi connectivity index (χ4v) is 3.80. The highest BCUT2D eigenvalue weighted by Crippen LogP contribution is 2.24. The van der Waals surface area contributed by atoms with Crippen molar-refractivity contribution < 1.29 is 14.2 Å². The van der Waals surface area contributed by atoms with E-state index in [4.69, 9.17) is 4.52 Å². The average Bonchev–Trinajstić information content (AvgIpc) is 3.42. The van der Waals surface area contributed by atoms with Crippen LogP contribution >= 0.6 is 0 Å². The van der Waals surface area contributed by atoms with Crippen molar-refractivity contribution in [2.24, 2.45) is 0 Å². The van der Waals surface area contributed by atoms with E-state index in [-0.39, 0.29) is 18.1 Å². The quantitative estimate of drug-likeness (QED) is 0.325. The number of hydrogen-bond donors (Lipinski definition) is 1. The molecule has 0 radical (unpaired) electrons. The standard InChI is InChI=1S/C23H25N7O4/c1-13-8-6-7-9-18(13)11-29-16(4)21(15(3)25-29)24-23(31)22-19(17(5)34-27-22)12-28-14(2)10-20(26-28)30(32)33/h6-10H,11-12H2,1-5H3,(H,24,31). The van der Waals surface area contributed by atoms with Gasteiger partial charge in [0.05, 0.1) is 52.6 Å². The molecule has 176 valence electrons. The fraction of sp³-hybridized carbons (Fsp3) is 0.304. The monoisotopic (exact) mass is 463 g/mol. The first-order valence-electron chi connectivity index (χ1n) is 10.7. The molecule has 0 saturated carbocycles. The molecule has 11 nitrogen and oxygen atoms in total. The summed E-state index contributed by atoms with van der Waals surface area (Å²) in [5.41, 5.74) is 5.59. The van der Waals surface area contributed by atoms with Crippen molar-refractivity contribution in [3.63, 3.8) is 0 Å². The van der Waals surface area contributed by atoms with Crippen LogP contribution in [0, 0.1) is 44.7 Å². The number of nitrogens with one attached hydrogen (secondary N) is 1. The Kier molecular flexibility index (Phi) is 6.01. The Hall–Kier alpha value is -4.28. The van der Waals surface area contributed by atoms with Gasteiger partial charge in [-0.05, 0) is 50.7 Å². The maximum Gasteiger partial charge on any atom is 0.390 e. The summed E-state index contributed by atoms with van der Waals surface area (Å²) in [5.74, 6) is -0.274. The number of amides is 1. The molecule has 0 spiro atoms. The minimum atomic E-state index is -0.558. The van der Waals surface area contributed by atoms with Crippen molar-refractivity contribution in [3.8, 4) is 0 Å². The normalized spacial score (nSPS) is 11.1. The molecule has 1 aromatic carbocycles. The van der Waals surface area contributed by atoms with Crippen LogP contribution < -0.4 is 5.32 Å². The first-order valence-corrected chi connectivity index (χ1v) is 10.7. The molecule has 0 aliphatic carbocycles. The second-order valence-corrected chi connectivity index (χ2v) is 8.21. The van der Waals surface area contributed by atoms with Crippen LogP contribution in [0.2, 0.25) is 0 Å². The number of nitrogens with zero attached hydrogens (tertiary/aromatic N) is 6. The van der Waals surface area contributed by atoms with E-state index >= 15 is 0 Å². The molecular formula is C23H25N7O4. The third-order valence-corrected chi connectivity index (χ3v) is 5.86. The van der Waals surface area contributed by atoms with Crippen LogP contribution in [0.1, 0.15) is 50.0 Å². The highest BCUT2D eigenvalue weighted by Gasteiger charge is 2.25. The van der Waals surface area contributed by atoms with E-state index in [0.29, 0.717) is 34.9 Å². The van der Waals surface area contributed by atoms with Gasteiger partial charge in [0.1, 0.15) is 5.76 Å². The smallest absolute Gasteiger partial charge is 0.361 e. The van der Waals surface area contributed by atoms with Crippen LogP contribution in [0.25, 0.3) is 0 Å². The highest BCUT2D eigenvalue weighted by molar-refractivity contribution is 6.04. The molecule has 4 aromatic rings. The number of aryl methyl sites for hydroxylation is 4. The lowest BCUT2D eigenvalue weighted by atomic mass is 10.1. The molecule has 0 aliphatic heterocycles. The zero-order chi connectivity index (χ0) is 24.6. The first kappa shape index (κ1) is 22.9. The lowest BCUT2D eigenvalue weighted by Gasteiger charge is -2.09. The summed E-state index contributed by atoms with van der Waals surface area (Å²) in [5, 5.41) is 26.5. The van der Waals surface area contributed by atoms with Crippen LogP contribution in [0.5, 0.6) is 0 Å². The minimum Gasteiger partial charge on any atom is -0.361 e. The first-order chi connectivity index (χ1) is 16.2. The van der Waals surface area contributed by atoms with E-state index in [0.717, 1.165) is 16.8 Å².